The molecule has 0 aromatic heterocycles. The van der Waals surface area contributed by atoms with Gasteiger partial charge >= 0.3 is 5.97 Å². The lowest BCUT2D eigenvalue weighted by Gasteiger charge is -2.19. The van der Waals surface area contributed by atoms with Crippen LogP contribution < -0.4 is 5.32 Å². The maximum atomic E-state index is 11.8. The fraction of sp³-hybridized carbons (Fsp3) is 0.533. The van der Waals surface area contributed by atoms with Crippen LogP contribution >= 0.6 is 23.4 Å². The largest absolute Gasteiger partial charge is 0.459 e. The summed E-state index contributed by atoms with van der Waals surface area (Å²) in [5.74, 6) is 0.0772. The summed E-state index contributed by atoms with van der Waals surface area (Å²) >= 11 is 7.68. The van der Waals surface area contributed by atoms with E-state index in [1.165, 1.54) is 11.8 Å². The smallest absolute Gasteiger partial charge is 0.316 e. The number of esters is 1. The lowest BCUT2D eigenvalue weighted by molar-refractivity contribution is -0.151. The topological polar surface area (TPSA) is 38.3 Å². The average molecular weight is 316 g/mol. The van der Waals surface area contributed by atoms with Crippen molar-refractivity contribution in [1.29, 1.82) is 0 Å². The highest BCUT2D eigenvalue weighted by atomic mass is 35.5. The summed E-state index contributed by atoms with van der Waals surface area (Å²) in [5.41, 5.74) is 0.586. The molecule has 0 atom stereocenters. The van der Waals surface area contributed by atoms with E-state index >= 15 is 0 Å². The van der Waals surface area contributed by atoms with Crippen LogP contribution in [0.5, 0.6) is 0 Å². The minimum Gasteiger partial charge on any atom is -0.459 e. The van der Waals surface area contributed by atoms with Crippen molar-refractivity contribution in [3.63, 3.8) is 0 Å². The molecule has 1 aromatic carbocycles. The van der Waals surface area contributed by atoms with Crippen molar-refractivity contribution in [2.75, 3.05) is 12.3 Å². The summed E-state index contributed by atoms with van der Waals surface area (Å²) in [6.45, 7) is 9.22. The van der Waals surface area contributed by atoms with E-state index in [1.807, 2.05) is 45.9 Å². The summed E-state index contributed by atoms with van der Waals surface area (Å²) in [6.07, 6.45) is 0. The van der Waals surface area contributed by atoms with E-state index in [0.29, 0.717) is 6.54 Å². The number of ether oxygens (including phenoxy) is 1. The highest BCUT2D eigenvalue weighted by Gasteiger charge is 2.17. The summed E-state index contributed by atoms with van der Waals surface area (Å²) in [4.78, 5) is 12.8. The lowest BCUT2D eigenvalue weighted by atomic mass is 10.2. The van der Waals surface area contributed by atoms with Crippen molar-refractivity contribution in [2.45, 2.75) is 44.7 Å². The minimum absolute atomic E-state index is 0.211. The summed E-state index contributed by atoms with van der Waals surface area (Å²) in [7, 11) is 0. The SMILES string of the molecule is CCNCc1c(Cl)cccc1SCC(=O)OC(C)(C)C. The Morgan fingerprint density at radius 3 is 2.70 bits per heavy atom. The molecule has 0 unspecified atom stereocenters. The number of hydrogen-bond acceptors (Lipinski definition) is 4. The number of nitrogens with one attached hydrogen (secondary N) is 1. The monoisotopic (exact) mass is 315 g/mol. The predicted octanol–water partition coefficient (Wildman–Crippen LogP) is 3.88. The molecule has 0 aliphatic carbocycles. The van der Waals surface area contributed by atoms with Gasteiger partial charge in [-0.25, -0.2) is 0 Å². The Hall–Kier alpha value is -0.710. The molecule has 5 heteroatoms. The van der Waals surface area contributed by atoms with Crippen molar-refractivity contribution < 1.29 is 9.53 Å². The zero-order valence-corrected chi connectivity index (χ0v) is 14.0. The molecule has 0 fully saturated rings. The second-order valence-electron chi connectivity index (χ2n) is 5.37. The van der Waals surface area contributed by atoms with Crippen LogP contribution in [0.4, 0.5) is 0 Å². The molecule has 3 nitrogen and oxygen atoms in total. The first kappa shape index (κ1) is 17.3. The molecule has 112 valence electrons. The van der Waals surface area contributed by atoms with Gasteiger partial charge in [0.25, 0.3) is 0 Å². The molecule has 1 N–H and O–H groups in total. The molecule has 0 aliphatic rings. The van der Waals surface area contributed by atoms with Crippen molar-refractivity contribution in [3.05, 3.63) is 28.8 Å². The molecule has 0 amide bonds. The Morgan fingerprint density at radius 1 is 1.40 bits per heavy atom. The molecule has 0 heterocycles. The number of hydrogen-bond donors (Lipinski definition) is 1. The van der Waals surface area contributed by atoms with E-state index in [1.54, 1.807) is 0 Å². The number of thioether (sulfide) groups is 1. The summed E-state index contributed by atoms with van der Waals surface area (Å²) < 4.78 is 5.30. The Morgan fingerprint density at radius 2 is 2.10 bits per heavy atom. The van der Waals surface area contributed by atoms with Crippen LogP contribution in [0.25, 0.3) is 0 Å². The number of halogens is 1. The first-order valence-electron chi connectivity index (χ1n) is 6.66. The van der Waals surface area contributed by atoms with Gasteiger partial charge in [0, 0.05) is 16.5 Å². The quantitative estimate of drug-likeness (QED) is 0.638. The maximum Gasteiger partial charge on any atom is 0.316 e. The van der Waals surface area contributed by atoms with E-state index in [4.69, 9.17) is 16.3 Å². The number of benzene rings is 1. The molecular formula is C15H22ClNO2S. The summed E-state index contributed by atoms with van der Waals surface area (Å²) in [6, 6.07) is 5.74. The average Bonchev–Trinajstić information content (AvgIpc) is 2.33. The molecule has 0 aliphatic heterocycles. The Labute approximate surface area is 130 Å². The van der Waals surface area contributed by atoms with Gasteiger partial charge in [-0.3, -0.25) is 4.79 Å². The van der Waals surface area contributed by atoms with E-state index in [0.717, 1.165) is 22.0 Å². The molecular weight excluding hydrogens is 294 g/mol. The van der Waals surface area contributed by atoms with Crippen molar-refractivity contribution >= 4 is 29.3 Å². The van der Waals surface area contributed by atoms with Crippen LogP contribution in [-0.4, -0.2) is 23.9 Å². The molecule has 0 saturated heterocycles. The standard InChI is InChI=1S/C15H22ClNO2S/c1-5-17-9-11-12(16)7-6-8-13(11)20-10-14(18)19-15(2,3)4/h6-8,17H,5,9-10H2,1-4H3. The highest BCUT2D eigenvalue weighted by Crippen LogP contribution is 2.28. The molecule has 0 radical (unpaired) electrons. The third-order valence-electron chi connectivity index (χ3n) is 2.39. The van der Waals surface area contributed by atoms with Gasteiger partial charge in [-0.2, -0.15) is 0 Å². The van der Waals surface area contributed by atoms with Crippen LogP contribution in [0.2, 0.25) is 5.02 Å². The van der Waals surface area contributed by atoms with Gasteiger partial charge in [0.05, 0.1) is 5.75 Å². The highest BCUT2D eigenvalue weighted by molar-refractivity contribution is 8.00. The molecule has 1 rings (SSSR count). The minimum atomic E-state index is -0.446. The lowest BCUT2D eigenvalue weighted by Crippen LogP contribution is -2.25. The first-order chi connectivity index (χ1) is 9.33. The Bertz CT molecular complexity index is 458. The molecule has 0 saturated carbocycles. The van der Waals surface area contributed by atoms with Gasteiger partial charge in [0.15, 0.2) is 0 Å². The van der Waals surface area contributed by atoms with Gasteiger partial charge in [0.1, 0.15) is 5.60 Å². The van der Waals surface area contributed by atoms with E-state index in [2.05, 4.69) is 5.32 Å². The van der Waals surface area contributed by atoms with Gasteiger partial charge in [-0.05, 0) is 45.0 Å². The number of rotatable bonds is 6. The van der Waals surface area contributed by atoms with Crippen LogP contribution in [0.3, 0.4) is 0 Å². The normalized spacial score (nSPS) is 11.4. The van der Waals surface area contributed by atoms with Crippen molar-refractivity contribution in [3.8, 4) is 0 Å². The third kappa shape index (κ3) is 6.16. The van der Waals surface area contributed by atoms with Crippen molar-refractivity contribution in [2.24, 2.45) is 0 Å². The number of carbonyl (C=O) groups excluding carboxylic acids is 1. The molecule has 0 spiro atoms. The van der Waals surface area contributed by atoms with Gasteiger partial charge in [0.2, 0.25) is 0 Å². The fourth-order valence-corrected chi connectivity index (χ4v) is 2.76. The van der Waals surface area contributed by atoms with E-state index < -0.39 is 5.60 Å². The molecule has 0 bridgehead atoms. The maximum absolute atomic E-state index is 11.8. The molecule has 20 heavy (non-hydrogen) atoms. The first-order valence-corrected chi connectivity index (χ1v) is 8.02. The predicted molar refractivity (Wildman–Crippen MR) is 85.4 cm³/mol. The van der Waals surface area contributed by atoms with Gasteiger partial charge in [-0.15, -0.1) is 11.8 Å². The van der Waals surface area contributed by atoms with Crippen molar-refractivity contribution in [1.82, 2.24) is 5.32 Å². The zero-order chi connectivity index (χ0) is 15.2. The molecule has 1 aromatic rings. The second-order valence-corrected chi connectivity index (χ2v) is 6.80. The van der Waals surface area contributed by atoms with E-state index in [-0.39, 0.29) is 11.7 Å². The van der Waals surface area contributed by atoms with Gasteiger partial charge in [-0.1, -0.05) is 24.6 Å². The summed E-state index contributed by atoms with van der Waals surface area (Å²) in [5, 5.41) is 3.98. The van der Waals surface area contributed by atoms with Crippen LogP contribution in [-0.2, 0) is 16.1 Å². The third-order valence-corrected chi connectivity index (χ3v) is 3.82. The van der Waals surface area contributed by atoms with Crippen LogP contribution in [0.15, 0.2) is 23.1 Å². The Kier molecular flexibility index (Phi) is 6.86. The van der Waals surface area contributed by atoms with Crippen LogP contribution in [0, 0.1) is 0 Å². The van der Waals surface area contributed by atoms with Gasteiger partial charge < -0.3 is 10.1 Å². The second kappa shape index (κ2) is 7.91. The zero-order valence-electron chi connectivity index (χ0n) is 12.5. The Balaban J connectivity index is 2.67. The van der Waals surface area contributed by atoms with Crippen LogP contribution in [0.1, 0.15) is 33.3 Å². The fourth-order valence-electron chi connectivity index (χ4n) is 1.60. The number of carbonyl (C=O) groups is 1. The van der Waals surface area contributed by atoms with E-state index in [9.17, 15) is 4.79 Å².